The van der Waals surface area contributed by atoms with Crippen LogP contribution < -0.4 is 4.74 Å². The van der Waals surface area contributed by atoms with Gasteiger partial charge in [-0.25, -0.2) is 4.79 Å². The first-order valence-corrected chi connectivity index (χ1v) is 8.90. The van der Waals surface area contributed by atoms with Gasteiger partial charge < -0.3 is 14.5 Å². The van der Waals surface area contributed by atoms with E-state index < -0.39 is 0 Å². The number of hydrogen-bond acceptors (Lipinski definition) is 3. The van der Waals surface area contributed by atoms with Crippen LogP contribution in [-0.2, 0) is 16.6 Å². The summed E-state index contributed by atoms with van der Waals surface area (Å²) >= 11 is 0. The first kappa shape index (κ1) is 16.7. The van der Waals surface area contributed by atoms with Gasteiger partial charge in [-0.15, -0.1) is 0 Å². The van der Waals surface area contributed by atoms with Gasteiger partial charge in [-0.3, -0.25) is 0 Å². The average molecular weight is 349 g/mol. The molecule has 134 valence electrons. The number of ether oxygens (including phenoxy) is 2. The predicted molar refractivity (Wildman–Crippen MR) is 102 cm³/mol. The second-order valence-electron chi connectivity index (χ2n) is 7.32. The molecule has 4 heteroatoms. The quantitative estimate of drug-likeness (QED) is 0.685. The Bertz CT molecular complexity index is 982. The number of esters is 1. The highest BCUT2D eigenvalue weighted by atomic mass is 16.5. The molecule has 1 N–H and O–H groups in total. The van der Waals surface area contributed by atoms with E-state index in [0.717, 1.165) is 23.3 Å². The lowest BCUT2D eigenvalue weighted by Crippen LogP contribution is -2.06. The van der Waals surface area contributed by atoms with Gasteiger partial charge in [0, 0.05) is 28.1 Å². The van der Waals surface area contributed by atoms with Gasteiger partial charge in [-0.2, -0.15) is 0 Å². The molecule has 1 heterocycles. The molecule has 3 aromatic rings. The van der Waals surface area contributed by atoms with Crippen molar-refractivity contribution in [3.8, 4) is 5.75 Å². The molecule has 0 bridgehead atoms. The summed E-state index contributed by atoms with van der Waals surface area (Å²) in [5.41, 5.74) is 5.64. The molecular weight excluding hydrogens is 326 g/mol. The first-order chi connectivity index (χ1) is 12.5. The summed E-state index contributed by atoms with van der Waals surface area (Å²) in [5, 5.41) is 1.22. The van der Waals surface area contributed by atoms with E-state index in [1.54, 1.807) is 13.2 Å². The van der Waals surface area contributed by atoms with E-state index in [0.29, 0.717) is 5.56 Å². The van der Waals surface area contributed by atoms with Crippen LogP contribution in [0.25, 0.3) is 10.9 Å². The molecule has 0 amide bonds. The number of carbonyl (C=O) groups excluding carboxylic acids is 1. The summed E-state index contributed by atoms with van der Waals surface area (Å²) in [4.78, 5) is 15.5. The van der Waals surface area contributed by atoms with Crippen molar-refractivity contribution in [1.82, 2.24) is 4.98 Å². The third-order valence-electron chi connectivity index (χ3n) is 5.45. The Morgan fingerprint density at radius 1 is 1.15 bits per heavy atom. The van der Waals surface area contributed by atoms with Crippen molar-refractivity contribution < 1.29 is 14.3 Å². The van der Waals surface area contributed by atoms with Crippen LogP contribution in [0.2, 0.25) is 0 Å². The molecule has 2 aromatic carbocycles. The van der Waals surface area contributed by atoms with Crippen molar-refractivity contribution in [2.45, 2.75) is 31.6 Å². The summed E-state index contributed by atoms with van der Waals surface area (Å²) in [6.07, 6.45) is 3.18. The van der Waals surface area contributed by atoms with Crippen molar-refractivity contribution in [3.05, 3.63) is 64.8 Å². The largest absolute Gasteiger partial charge is 0.497 e. The fraction of sp³-hybridized carbons (Fsp3) is 0.318. The molecule has 0 atom stereocenters. The van der Waals surface area contributed by atoms with Crippen molar-refractivity contribution in [1.29, 1.82) is 0 Å². The Balaban J connectivity index is 1.79. The van der Waals surface area contributed by atoms with Gasteiger partial charge in [0.05, 0.1) is 19.8 Å². The summed E-state index contributed by atoms with van der Waals surface area (Å²) < 4.78 is 10.2. The average Bonchev–Trinajstić information content (AvgIpc) is 3.32. The molecule has 26 heavy (non-hydrogen) atoms. The topological polar surface area (TPSA) is 51.3 Å². The number of fused-ring (bicyclic) bond motifs is 1. The molecule has 0 aliphatic heterocycles. The van der Waals surface area contributed by atoms with Gasteiger partial charge in [0.2, 0.25) is 0 Å². The fourth-order valence-electron chi connectivity index (χ4n) is 3.63. The zero-order chi connectivity index (χ0) is 18.3. The zero-order valence-corrected chi connectivity index (χ0v) is 15.4. The van der Waals surface area contributed by atoms with Gasteiger partial charge in [0.25, 0.3) is 0 Å². The Morgan fingerprint density at radius 3 is 2.65 bits per heavy atom. The Kier molecular flexibility index (Phi) is 3.98. The van der Waals surface area contributed by atoms with E-state index in [1.807, 2.05) is 18.2 Å². The lowest BCUT2D eigenvalue weighted by molar-refractivity contribution is 0.0600. The maximum atomic E-state index is 11.8. The Labute approximate surface area is 153 Å². The van der Waals surface area contributed by atoms with Crippen molar-refractivity contribution >= 4 is 16.9 Å². The summed E-state index contributed by atoms with van der Waals surface area (Å²) in [6.45, 7) is 2.31. The smallest absolute Gasteiger partial charge is 0.337 e. The third-order valence-corrected chi connectivity index (χ3v) is 5.45. The number of carbonyl (C=O) groups is 1. The van der Waals surface area contributed by atoms with Crippen LogP contribution in [0.5, 0.6) is 5.75 Å². The maximum absolute atomic E-state index is 11.8. The van der Waals surface area contributed by atoms with Crippen molar-refractivity contribution in [2.24, 2.45) is 0 Å². The number of H-pyrrole nitrogens is 1. The number of nitrogens with one attached hydrogen (secondary N) is 1. The van der Waals surface area contributed by atoms with E-state index in [2.05, 4.69) is 30.1 Å². The number of methoxy groups -OCH3 is 2. The van der Waals surface area contributed by atoms with Gasteiger partial charge >= 0.3 is 5.97 Å². The van der Waals surface area contributed by atoms with Crippen molar-refractivity contribution in [2.75, 3.05) is 14.2 Å². The lowest BCUT2D eigenvalue weighted by atomic mass is 9.94. The minimum absolute atomic E-state index is 0.224. The van der Waals surface area contributed by atoms with E-state index >= 15 is 0 Å². The maximum Gasteiger partial charge on any atom is 0.337 e. The Morgan fingerprint density at radius 2 is 1.96 bits per heavy atom. The van der Waals surface area contributed by atoms with Crippen LogP contribution in [0.3, 0.4) is 0 Å². The molecule has 1 saturated carbocycles. The van der Waals surface area contributed by atoms with E-state index in [9.17, 15) is 4.79 Å². The van der Waals surface area contributed by atoms with Crippen LogP contribution in [0.15, 0.2) is 42.5 Å². The molecule has 0 unspecified atom stereocenters. The van der Waals surface area contributed by atoms with Crippen LogP contribution in [0.4, 0.5) is 0 Å². The minimum atomic E-state index is -0.301. The Hall–Kier alpha value is -2.75. The van der Waals surface area contributed by atoms with Crippen LogP contribution >= 0.6 is 0 Å². The molecule has 1 aliphatic carbocycles. The highest BCUT2D eigenvalue weighted by Crippen LogP contribution is 2.50. The van der Waals surface area contributed by atoms with Crippen LogP contribution in [0.1, 0.15) is 46.9 Å². The summed E-state index contributed by atoms with van der Waals surface area (Å²) in [7, 11) is 3.10. The van der Waals surface area contributed by atoms with E-state index in [4.69, 9.17) is 9.47 Å². The second kappa shape index (κ2) is 6.20. The zero-order valence-electron chi connectivity index (χ0n) is 15.4. The molecule has 0 radical (unpaired) electrons. The molecule has 1 aromatic heterocycles. The van der Waals surface area contributed by atoms with Crippen molar-refractivity contribution in [3.63, 3.8) is 0 Å². The SMILES string of the molecule is COC(=O)c1cccc(Cc2c(C3(C)CC3)[nH]c3cc(OC)ccc23)c1. The molecule has 1 aliphatic rings. The van der Waals surface area contributed by atoms with Gasteiger partial charge in [0.15, 0.2) is 0 Å². The number of benzene rings is 2. The van der Waals surface area contributed by atoms with Gasteiger partial charge in [-0.1, -0.05) is 19.1 Å². The minimum Gasteiger partial charge on any atom is -0.497 e. The number of hydrogen-bond donors (Lipinski definition) is 1. The summed E-state index contributed by atoms with van der Waals surface area (Å²) in [5.74, 6) is 0.551. The standard InChI is InChI=1S/C22H23NO3/c1-22(9-10-22)20-18(17-8-7-16(25-2)13-19(17)23-20)12-14-5-4-6-15(11-14)21(24)26-3/h4-8,11,13,23H,9-10,12H2,1-3H3. The highest BCUT2D eigenvalue weighted by molar-refractivity contribution is 5.90. The normalized spacial score (nSPS) is 15.0. The first-order valence-electron chi connectivity index (χ1n) is 8.90. The number of rotatable bonds is 5. The van der Waals surface area contributed by atoms with Gasteiger partial charge in [-0.05, 0) is 54.7 Å². The van der Waals surface area contributed by atoms with Crippen LogP contribution in [0, 0.1) is 0 Å². The lowest BCUT2D eigenvalue weighted by Gasteiger charge is -2.11. The highest BCUT2D eigenvalue weighted by Gasteiger charge is 2.42. The molecule has 0 spiro atoms. The molecule has 0 saturated heterocycles. The van der Waals surface area contributed by atoms with Crippen LogP contribution in [-0.4, -0.2) is 25.2 Å². The molecule has 1 fully saturated rings. The fourth-order valence-corrected chi connectivity index (χ4v) is 3.63. The molecule has 4 nitrogen and oxygen atoms in total. The third kappa shape index (κ3) is 2.85. The van der Waals surface area contributed by atoms with Gasteiger partial charge in [0.1, 0.15) is 5.75 Å². The van der Waals surface area contributed by atoms with E-state index in [1.165, 1.54) is 36.6 Å². The molecular formula is C22H23NO3. The second-order valence-corrected chi connectivity index (χ2v) is 7.32. The molecule has 4 rings (SSSR count). The monoisotopic (exact) mass is 349 g/mol. The summed E-state index contributed by atoms with van der Waals surface area (Å²) in [6, 6.07) is 13.9. The predicted octanol–water partition coefficient (Wildman–Crippen LogP) is 4.61. The number of aromatic nitrogens is 1. The number of aromatic amines is 1. The van der Waals surface area contributed by atoms with E-state index in [-0.39, 0.29) is 11.4 Å².